The van der Waals surface area contributed by atoms with Gasteiger partial charge in [-0.3, -0.25) is 0 Å². The molecule has 2 heterocycles. The molecule has 0 bridgehead atoms. The van der Waals surface area contributed by atoms with Gasteiger partial charge in [0.2, 0.25) is 0 Å². The standard InChI is InChI=1S/C74H83BN2/c1-42-32-63-66-64(33-42)77(60-40-55-51(34-43(60)2)67(3,4)26-30-71(55,11)12)61-39-50-47(46-35-52-53(37-49(46)73(50,15)16)69(7,8)28-27-68(52,5)6)36-57(61)75(66)58-38-54-56(72(13,14)31-29-70(54,9)10)41-62(58)76(63)59-25-21-23-45-44-22-19-20-24-48(44)74(17,18)65(45)59/h19-25,32-41H,26-31H2,1-18H3. The molecule has 7 aromatic rings. The van der Waals surface area contributed by atoms with Crippen LogP contribution in [0.3, 0.4) is 0 Å². The van der Waals surface area contributed by atoms with Crippen molar-refractivity contribution in [2.75, 3.05) is 9.80 Å². The molecule has 7 aliphatic rings. The summed E-state index contributed by atoms with van der Waals surface area (Å²) in [5, 5.41) is 0. The van der Waals surface area contributed by atoms with Crippen molar-refractivity contribution in [2.45, 2.75) is 206 Å². The number of aryl methyl sites for hydroxylation is 2. The Hall–Kier alpha value is -5.80. The van der Waals surface area contributed by atoms with Gasteiger partial charge < -0.3 is 9.80 Å². The highest BCUT2D eigenvalue weighted by molar-refractivity contribution is 7.00. The Kier molecular flexibility index (Phi) is 9.71. The molecule has 0 saturated heterocycles. The second kappa shape index (κ2) is 15.1. The molecule has 0 amide bonds. The molecule has 0 N–H and O–H groups in total. The van der Waals surface area contributed by atoms with Crippen molar-refractivity contribution in [2.24, 2.45) is 0 Å². The number of rotatable bonds is 2. The zero-order valence-electron chi connectivity index (χ0n) is 50.0. The largest absolute Gasteiger partial charge is 0.311 e. The minimum atomic E-state index is -0.206. The normalized spacial score (nSPS) is 21.6. The maximum absolute atomic E-state index is 2.78. The number of hydrogen-bond acceptors (Lipinski definition) is 2. The van der Waals surface area contributed by atoms with Crippen molar-refractivity contribution in [1.29, 1.82) is 0 Å². The van der Waals surface area contributed by atoms with Crippen LogP contribution in [0.1, 0.15) is 216 Å². The van der Waals surface area contributed by atoms with Crippen molar-refractivity contribution in [1.82, 2.24) is 0 Å². The fourth-order valence-electron chi connectivity index (χ4n) is 17.0. The van der Waals surface area contributed by atoms with E-state index in [1.54, 1.807) is 11.1 Å². The van der Waals surface area contributed by atoms with E-state index in [1.807, 2.05) is 0 Å². The average Bonchev–Trinajstić information content (AvgIpc) is 3.85. The predicted octanol–water partition coefficient (Wildman–Crippen LogP) is 18.0. The van der Waals surface area contributed by atoms with Crippen molar-refractivity contribution in [3.63, 3.8) is 0 Å². The number of fused-ring (bicyclic) bond motifs is 13. The Balaban J connectivity index is 1.13. The van der Waals surface area contributed by atoms with Gasteiger partial charge in [0.05, 0.1) is 5.69 Å². The van der Waals surface area contributed by atoms with E-state index in [-0.39, 0.29) is 50.0 Å². The summed E-state index contributed by atoms with van der Waals surface area (Å²) in [5.74, 6) is 0. The average molecular weight is 1010 g/mol. The van der Waals surface area contributed by atoms with Crippen LogP contribution in [0, 0.1) is 13.8 Å². The Morgan fingerprint density at radius 1 is 0.325 bits per heavy atom. The van der Waals surface area contributed by atoms with Crippen molar-refractivity contribution >= 4 is 57.2 Å². The summed E-state index contributed by atoms with van der Waals surface area (Å²) in [6, 6.07) is 43.1. The highest BCUT2D eigenvalue weighted by Crippen LogP contribution is 2.60. The fraction of sp³-hybridized carbons (Fsp3) is 0.432. The first-order valence-corrected chi connectivity index (χ1v) is 29.7. The Morgan fingerprint density at radius 3 is 1.34 bits per heavy atom. The van der Waals surface area contributed by atoms with E-state index in [0.717, 1.165) is 0 Å². The van der Waals surface area contributed by atoms with Crippen LogP contribution in [0.4, 0.5) is 34.1 Å². The highest BCUT2D eigenvalue weighted by atomic mass is 15.2. The second-order valence-electron chi connectivity index (χ2n) is 30.7. The van der Waals surface area contributed by atoms with Gasteiger partial charge in [-0.2, -0.15) is 0 Å². The molecule has 3 heteroatoms. The SMILES string of the molecule is Cc1cc2c3c(c1)N(c1cccc4c1C(C)(C)c1ccccc1-4)c1cc4c(cc1B3c1cc3c(cc1N2c1cc2c(cc1C)C(C)(C)CCC2(C)C)C(C)(C)c1cc2c(cc1-3)C(C)(C)CCC2(C)C)C(C)(C)CCC4(C)C. The van der Waals surface area contributed by atoms with Crippen LogP contribution in [-0.4, -0.2) is 6.71 Å². The van der Waals surface area contributed by atoms with Gasteiger partial charge in [-0.15, -0.1) is 0 Å². The summed E-state index contributed by atoms with van der Waals surface area (Å²) < 4.78 is 0. The number of hydrogen-bond donors (Lipinski definition) is 0. The molecule has 5 aliphatic carbocycles. The third-order valence-corrected chi connectivity index (χ3v) is 22.2. The Labute approximate surface area is 463 Å². The van der Waals surface area contributed by atoms with E-state index < -0.39 is 0 Å². The maximum Gasteiger partial charge on any atom is 0.252 e. The van der Waals surface area contributed by atoms with Gasteiger partial charge in [0, 0.05) is 39.3 Å². The van der Waals surface area contributed by atoms with E-state index in [0.29, 0.717) is 0 Å². The summed E-state index contributed by atoms with van der Waals surface area (Å²) in [5.41, 5.74) is 35.5. The van der Waals surface area contributed by atoms with Gasteiger partial charge in [-0.25, -0.2) is 0 Å². The third kappa shape index (κ3) is 6.50. The Morgan fingerprint density at radius 2 is 0.753 bits per heavy atom. The van der Waals surface area contributed by atoms with Crippen molar-refractivity contribution < 1.29 is 0 Å². The molecule has 0 atom stereocenters. The van der Waals surface area contributed by atoms with Gasteiger partial charge in [0.25, 0.3) is 6.71 Å². The van der Waals surface area contributed by atoms with Crippen LogP contribution in [0.15, 0.2) is 103 Å². The molecule has 0 saturated carbocycles. The van der Waals surface area contributed by atoms with Crippen molar-refractivity contribution in [3.8, 4) is 22.3 Å². The van der Waals surface area contributed by atoms with Crippen LogP contribution < -0.4 is 26.2 Å². The lowest BCUT2D eigenvalue weighted by atomic mass is 9.33. The number of nitrogens with zero attached hydrogens (tertiary/aromatic N) is 2. The highest BCUT2D eigenvalue weighted by Gasteiger charge is 2.51. The second-order valence-corrected chi connectivity index (χ2v) is 30.7. The number of anilines is 6. The van der Waals surface area contributed by atoms with Crippen molar-refractivity contribution in [3.05, 3.63) is 170 Å². The molecule has 77 heavy (non-hydrogen) atoms. The lowest BCUT2D eigenvalue weighted by Gasteiger charge is -2.48. The molecule has 2 nitrogen and oxygen atoms in total. The molecule has 7 aromatic carbocycles. The van der Waals surface area contributed by atoms with E-state index >= 15 is 0 Å². The first-order valence-electron chi connectivity index (χ1n) is 29.7. The molecular formula is C74H83BN2. The zero-order valence-corrected chi connectivity index (χ0v) is 50.0. The minimum absolute atomic E-state index is 0.00461. The minimum Gasteiger partial charge on any atom is -0.311 e. The predicted molar refractivity (Wildman–Crippen MR) is 331 cm³/mol. The maximum atomic E-state index is 2.78. The molecule has 2 aliphatic heterocycles. The third-order valence-electron chi connectivity index (χ3n) is 22.2. The quantitative estimate of drug-likeness (QED) is 0.159. The zero-order chi connectivity index (χ0) is 54.4. The first-order chi connectivity index (χ1) is 36.0. The summed E-state index contributed by atoms with van der Waals surface area (Å²) >= 11 is 0. The molecule has 14 rings (SSSR count). The monoisotopic (exact) mass is 1010 g/mol. The van der Waals surface area contributed by atoms with Crippen LogP contribution in [0.2, 0.25) is 0 Å². The van der Waals surface area contributed by atoms with Gasteiger partial charge in [0.15, 0.2) is 0 Å². The van der Waals surface area contributed by atoms with Crippen LogP contribution in [0.5, 0.6) is 0 Å². The number of benzene rings is 7. The summed E-state index contributed by atoms with van der Waals surface area (Å²) in [4.78, 5) is 5.56. The lowest BCUT2D eigenvalue weighted by molar-refractivity contribution is 0.331. The molecule has 0 unspecified atom stereocenters. The topological polar surface area (TPSA) is 6.48 Å². The van der Waals surface area contributed by atoms with Gasteiger partial charge in [-0.05, 0) is 233 Å². The molecule has 0 aromatic heterocycles. The van der Waals surface area contributed by atoms with Gasteiger partial charge in [-0.1, -0.05) is 171 Å². The molecule has 0 radical (unpaired) electrons. The van der Waals surface area contributed by atoms with E-state index in [2.05, 4.69) is 238 Å². The first kappa shape index (κ1) is 49.5. The Bertz CT molecular complexity index is 3810. The summed E-state index contributed by atoms with van der Waals surface area (Å²) in [6.07, 6.45) is 7.13. The molecule has 392 valence electrons. The molecular weight excluding hydrogens is 928 g/mol. The van der Waals surface area contributed by atoms with Crippen LogP contribution in [-0.2, 0) is 43.3 Å². The van der Waals surface area contributed by atoms with Gasteiger partial charge >= 0.3 is 0 Å². The van der Waals surface area contributed by atoms with E-state index in [4.69, 9.17) is 0 Å². The van der Waals surface area contributed by atoms with E-state index in [1.165, 1.54) is 167 Å². The summed E-state index contributed by atoms with van der Waals surface area (Å²) in [6.45, 7) is 44.8. The summed E-state index contributed by atoms with van der Waals surface area (Å²) in [7, 11) is 0. The fourth-order valence-corrected chi connectivity index (χ4v) is 17.0. The van der Waals surface area contributed by atoms with E-state index in [9.17, 15) is 0 Å². The van der Waals surface area contributed by atoms with Gasteiger partial charge in [0.1, 0.15) is 0 Å². The molecule has 0 fully saturated rings. The molecule has 0 spiro atoms. The smallest absolute Gasteiger partial charge is 0.252 e. The lowest BCUT2D eigenvalue weighted by Crippen LogP contribution is -2.62. The van der Waals surface area contributed by atoms with Crippen LogP contribution >= 0.6 is 0 Å². The van der Waals surface area contributed by atoms with Crippen LogP contribution in [0.25, 0.3) is 22.3 Å².